The van der Waals surface area contributed by atoms with Crippen LogP contribution in [0.15, 0.2) is 72.1 Å². The van der Waals surface area contributed by atoms with Crippen molar-refractivity contribution in [2.45, 2.75) is 44.2 Å². The number of fused-ring (bicyclic) bond motifs is 1. The molecular formula is C29H32N4OS. The molecule has 35 heavy (non-hydrogen) atoms. The highest BCUT2D eigenvalue weighted by molar-refractivity contribution is 7.10. The van der Waals surface area contributed by atoms with E-state index in [0.29, 0.717) is 5.91 Å². The van der Waals surface area contributed by atoms with Crippen molar-refractivity contribution in [3.63, 3.8) is 0 Å². The predicted octanol–water partition coefficient (Wildman–Crippen LogP) is 5.30. The van der Waals surface area contributed by atoms with Crippen molar-refractivity contribution in [1.29, 1.82) is 0 Å². The average molecular weight is 485 g/mol. The molecule has 1 aliphatic carbocycles. The summed E-state index contributed by atoms with van der Waals surface area (Å²) in [6.45, 7) is 5.00. The number of nitrogens with zero attached hydrogens (tertiary/aromatic N) is 4. The first-order valence-electron chi connectivity index (χ1n) is 12.8. The predicted molar refractivity (Wildman–Crippen MR) is 142 cm³/mol. The molecule has 2 aromatic carbocycles. The molecule has 0 spiro atoms. The van der Waals surface area contributed by atoms with Gasteiger partial charge in [0.15, 0.2) is 0 Å². The number of hydrogen-bond acceptors (Lipinski definition) is 4. The van der Waals surface area contributed by atoms with Gasteiger partial charge in [0.25, 0.3) is 0 Å². The largest absolute Gasteiger partial charge is 0.339 e. The number of hydrogen-bond donors (Lipinski definition) is 0. The third-order valence-electron chi connectivity index (χ3n) is 7.80. The summed E-state index contributed by atoms with van der Waals surface area (Å²) in [4.78, 5) is 24.6. The van der Waals surface area contributed by atoms with E-state index in [9.17, 15) is 4.79 Å². The summed E-state index contributed by atoms with van der Waals surface area (Å²) in [5.41, 5.74) is 3.23. The monoisotopic (exact) mass is 484 g/mol. The van der Waals surface area contributed by atoms with Gasteiger partial charge in [-0.1, -0.05) is 61.4 Å². The second-order valence-corrected chi connectivity index (χ2v) is 10.9. The first kappa shape index (κ1) is 22.5. The minimum absolute atomic E-state index is 0.278. The molecule has 0 bridgehead atoms. The number of piperazine rings is 1. The second kappa shape index (κ2) is 9.59. The Labute approximate surface area is 211 Å². The number of aromatic nitrogens is 2. The van der Waals surface area contributed by atoms with Crippen molar-refractivity contribution in [1.82, 2.24) is 19.4 Å². The number of thiophene rings is 1. The lowest BCUT2D eigenvalue weighted by atomic mass is 9.82. The molecular weight excluding hydrogens is 452 g/mol. The van der Waals surface area contributed by atoms with Crippen LogP contribution in [0.5, 0.6) is 0 Å². The highest BCUT2D eigenvalue weighted by Crippen LogP contribution is 2.44. The Morgan fingerprint density at radius 2 is 1.60 bits per heavy atom. The van der Waals surface area contributed by atoms with Crippen LogP contribution in [-0.2, 0) is 23.3 Å². The molecule has 2 fully saturated rings. The summed E-state index contributed by atoms with van der Waals surface area (Å²) in [7, 11) is 0. The van der Waals surface area contributed by atoms with E-state index in [1.54, 1.807) is 11.3 Å². The van der Waals surface area contributed by atoms with Gasteiger partial charge in [-0.15, -0.1) is 11.3 Å². The molecule has 1 saturated heterocycles. The van der Waals surface area contributed by atoms with E-state index >= 15 is 0 Å². The molecule has 1 aliphatic heterocycles. The molecule has 1 amide bonds. The Bertz CT molecular complexity index is 1280. The van der Waals surface area contributed by atoms with Crippen LogP contribution in [0.1, 0.15) is 41.9 Å². The fourth-order valence-corrected chi connectivity index (χ4v) is 6.87. The summed E-state index contributed by atoms with van der Waals surface area (Å²) < 4.78 is 2.35. The van der Waals surface area contributed by atoms with Gasteiger partial charge in [0, 0.05) is 37.6 Å². The lowest BCUT2D eigenvalue weighted by Crippen LogP contribution is -2.53. The molecule has 0 radical (unpaired) electrons. The smallest absolute Gasteiger partial charge is 0.234 e. The standard InChI is InChI=1S/C29H32N4OS/c34-28(29(14-6-7-15-29)26-13-8-20-35-26)32-18-16-31(17-19-32)22-27-30-24-11-4-5-12-25(24)33(27)21-23-9-2-1-3-10-23/h1-5,8-13,20H,6-7,14-19,21-22H2. The van der Waals surface area contributed by atoms with E-state index in [4.69, 9.17) is 4.98 Å². The maximum atomic E-state index is 13.8. The van der Waals surface area contributed by atoms with Gasteiger partial charge in [0.05, 0.1) is 23.0 Å². The SMILES string of the molecule is O=C(N1CCN(Cc2nc3ccccc3n2Cc2ccccc2)CC1)C1(c2cccs2)CCCC1. The molecule has 6 heteroatoms. The fraction of sp³-hybridized carbons (Fsp3) is 0.379. The van der Waals surface area contributed by atoms with E-state index in [1.165, 1.54) is 16.0 Å². The number of para-hydroxylation sites is 2. The Hall–Kier alpha value is -2.96. The number of rotatable bonds is 6. The van der Waals surface area contributed by atoms with Crippen LogP contribution < -0.4 is 0 Å². The van der Waals surface area contributed by atoms with Crippen molar-refractivity contribution in [2.75, 3.05) is 26.2 Å². The third kappa shape index (κ3) is 4.30. The maximum Gasteiger partial charge on any atom is 0.234 e. The Balaban J connectivity index is 1.17. The van der Waals surface area contributed by atoms with Crippen LogP contribution in [0, 0.1) is 0 Å². The molecule has 0 unspecified atom stereocenters. The normalized spacial score (nSPS) is 18.3. The van der Waals surface area contributed by atoms with Crippen LogP contribution in [0.4, 0.5) is 0 Å². The first-order valence-corrected chi connectivity index (χ1v) is 13.6. The quantitative estimate of drug-likeness (QED) is 0.373. The first-order chi connectivity index (χ1) is 17.2. The van der Waals surface area contributed by atoms with Crippen molar-refractivity contribution in [2.24, 2.45) is 0 Å². The molecule has 6 rings (SSSR count). The lowest BCUT2D eigenvalue weighted by Gasteiger charge is -2.39. The van der Waals surface area contributed by atoms with E-state index in [-0.39, 0.29) is 5.41 Å². The molecule has 5 nitrogen and oxygen atoms in total. The molecule has 2 aliphatic rings. The molecule has 4 aromatic rings. The van der Waals surface area contributed by atoms with E-state index in [0.717, 1.165) is 76.3 Å². The number of amides is 1. The van der Waals surface area contributed by atoms with Crippen molar-refractivity contribution in [3.05, 3.63) is 88.4 Å². The van der Waals surface area contributed by atoms with Gasteiger partial charge >= 0.3 is 0 Å². The third-order valence-corrected chi connectivity index (χ3v) is 8.87. The Morgan fingerprint density at radius 1 is 0.857 bits per heavy atom. The zero-order chi connectivity index (χ0) is 23.7. The van der Waals surface area contributed by atoms with Gasteiger partial charge in [0.2, 0.25) is 5.91 Å². The van der Waals surface area contributed by atoms with Gasteiger partial charge in [0.1, 0.15) is 5.82 Å². The van der Waals surface area contributed by atoms with Gasteiger partial charge in [-0.25, -0.2) is 4.98 Å². The summed E-state index contributed by atoms with van der Waals surface area (Å²) in [5, 5.41) is 2.11. The molecule has 180 valence electrons. The zero-order valence-corrected chi connectivity index (χ0v) is 20.9. The van der Waals surface area contributed by atoms with Crippen LogP contribution in [0.2, 0.25) is 0 Å². The van der Waals surface area contributed by atoms with Gasteiger partial charge in [-0.3, -0.25) is 9.69 Å². The molecule has 0 atom stereocenters. The summed E-state index contributed by atoms with van der Waals surface area (Å²) in [6, 6.07) is 23.3. The lowest BCUT2D eigenvalue weighted by molar-refractivity contribution is -0.139. The van der Waals surface area contributed by atoms with Crippen LogP contribution in [0.25, 0.3) is 11.0 Å². The Kier molecular flexibility index (Phi) is 6.17. The van der Waals surface area contributed by atoms with Crippen molar-refractivity contribution < 1.29 is 4.79 Å². The molecule has 2 aromatic heterocycles. The molecule has 3 heterocycles. The van der Waals surface area contributed by atoms with Crippen LogP contribution in [-0.4, -0.2) is 51.4 Å². The summed E-state index contributed by atoms with van der Waals surface area (Å²) in [5.74, 6) is 1.45. The highest BCUT2D eigenvalue weighted by Gasteiger charge is 2.46. The van der Waals surface area contributed by atoms with E-state index in [1.807, 2.05) is 0 Å². The van der Waals surface area contributed by atoms with Gasteiger partial charge in [-0.05, 0) is 42.0 Å². The average Bonchev–Trinajstić information content (AvgIpc) is 3.66. The topological polar surface area (TPSA) is 41.4 Å². The minimum Gasteiger partial charge on any atom is -0.339 e. The van der Waals surface area contributed by atoms with E-state index in [2.05, 4.69) is 86.5 Å². The summed E-state index contributed by atoms with van der Waals surface area (Å²) in [6.07, 6.45) is 4.30. The fourth-order valence-electron chi connectivity index (χ4n) is 5.90. The highest BCUT2D eigenvalue weighted by atomic mass is 32.1. The van der Waals surface area contributed by atoms with Crippen LogP contribution in [0.3, 0.4) is 0 Å². The van der Waals surface area contributed by atoms with Gasteiger partial charge in [-0.2, -0.15) is 0 Å². The maximum absolute atomic E-state index is 13.8. The number of imidazole rings is 1. The molecule has 0 N–H and O–H groups in total. The van der Waals surface area contributed by atoms with Crippen molar-refractivity contribution in [3.8, 4) is 0 Å². The summed E-state index contributed by atoms with van der Waals surface area (Å²) >= 11 is 1.75. The minimum atomic E-state index is -0.278. The van der Waals surface area contributed by atoms with Gasteiger partial charge < -0.3 is 9.47 Å². The number of carbonyl (C=O) groups excluding carboxylic acids is 1. The van der Waals surface area contributed by atoms with E-state index < -0.39 is 0 Å². The van der Waals surface area contributed by atoms with Crippen LogP contribution >= 0.6 is 11.3 Å². The number of carbonyl (C=O) groups is 1. The number of benzene rings is 2. The molecule has 1 saturated carbocycles. The second-order valence-electron chi connectivity index (χ2n) is 9.92. The van der Waals surface area contributed by atoms with Crippen molar-refractivity contribution >= 4 is 28.3 Å². The Morgan fingerprint density at radius 3 is 2.34 bits per heavy atom. The zero-order valence-electron chi connectivity index (χ0n) is 20.1.